The van der Waals surface area contributed by atoms with Crippen molar-refractivity contribution < 1.29 is 19.2 Å². The van der Waals surface area contributed by atoms with E-state index in [0.717, 1.165) is 5.56 Å². The van der Waals surface area contributed by atoms with Gasteiger partial charge in [-0.3, -0.25) is 0 Å². The van der Waals surface area contributed by atoms with E-state index in [1.165, 1.54) is 7.11 Å². The molecule has 0 bridgehead atoms. The van der Waals surface area contributed by atoms with Crippen LogP contribution in [0, 0.1) is 0 Å². The first-order chi connectivity index (χ1) is 8.22. The first-order valence-electron chi connectivity index (χ1n) is 5.02. The van der Waals surface area contributed by atoms with Gasteiger partial charge in [0.2, 0.25) is 0 Å². The van der Waals surface area contributed by atoms with E-state index in [2.05, 4.69) is 5.16 Å². The Kier molecular flexibility index (Phi) is 3.09. The summed E-state index contributed by atoms with van der Waals surface area (Å²) in [6, 6.07) is 9.47. The number of rotatable bonds is 4. The van der Waals surface area contributed by atoms with Crippen LogP contribution in [0.1, 0.15) is 21.7 Å². The molecule has 0 aliphatic rings. The van der Waals surface area contributed by atoms with Gasteiger partial charge in [0.1, 0.15) is 0 Å². The molecular formula is C12H11NO4. The van der Waals surface area contributed by atoms with Crippen molar-refractivity contribution in [1.29, 1.82) is 0 Å². The van der Waals surface area contributed by atoms with Crippen LogP contribution in [-0.2, 0) is 6.42 Å². The van der Waals surface area contributed by atoms with Gasteiger partial charge >= 0.3 is 5.97 Å². The summed E-state index contributed by atoms with van der Waals surface area (Å²) in [7, 11) is 1.43. The maximum absolute atomic E-state index is 11.0. The second-order valence-electron chi connectivity index (χ2n) is 3.47. The first-order valence-corrected chi connectivity index (χ1v) is 5.02. The van der Waals surface area contributed by atoms with Crippen LogP contribution >= 0.6 is 0 Å². The molecule has 5 nitrogen and oxygen atoms in total. The number of hydrogen-bond donors (Lipinski definition) is 1. The maximum Gasteiger partial charge on any atom is 0.375 e. The molecule has 0 saturated heterocycles. The molecule has 0 saturated carbocycles. The predicted octanol–water partition coefficient (Wildman–Crippen LogP) is 1.97. The van der Waals surface area contributed by atoms with Gasteiger partial charge in [-0.15, -0.1) is 0 Å². The number of carboxylic acid groups (broad SMARTS) is 1. The fourth-order valence-electron chi connectivity index (χ4n) is 1.58. The van der Waals surface area contributed by atoms with Gasteiger partial charge in [-0.25, -0.2) is 4.79 Å². The minimum atomic E-state index is -1.15. The average molecular weight is 233 g/mol. The second kappa shape index (κ2) is 4.69. The lowest BCUT2D eigenvalue weighted by molar-refractivity contribution is 0.0650. The molecule has 0 aliphatic heterocycles. The molecule has 1 aromatic heterocycles. The molecular weight excluding hydrogens is 222 g/mol. The number of nitrogens with zero attached hydrogens (tertiary/aromatic N) is 1. The standard InChI is InChI=1S/C12H11NO4/c1-16-11-9(10(12(14)15)17-13-11)7-8-5-3-2-4-6-8/h2-6H,7H2,1H3,(H,14,15). The third-order valence-electron chi connectivity index (χ3n) is 2.36. The van der Waals surface area contributed by atoms with Crippen molar-refractivity contribution >= 4 is 5.97 Å². The summed E-state index contributed by atoms with van der Waals surface area (Å²) in [5.41, 5.74) is 1.42. The molecule has 1 N–H and O–H groups in total. The molecule has 1 heterocycles. The van der Waals surface area contributed by atoms with Crippen molar-refractivity contribution in [2.45, 2.75) is 6.42 Å². The van der Waals surface area contributed by atoms with Gasteiger partial charge in [0.25, 0.3) is 11.6 Å². The molecule has 5 heteroatoms. The minimum absolute atomic E-state index is 0.175. The lowest BCUT2D eigenvalue weighted by Gasteiger charge is -2.01. The number of carboxylic acids is 1. The number of methoxy groups -OCH3 is 1. The van der Waals surface area contributed by atoms with Crippen molar-refractivity contribution in [3.05, 3.63) is 47.2 Å². The van der Waals surface area contributed by atoms with Crippen LogP contribution in [0.2, 0.25) is 0 Å². The summed E-state index contributed by atoms with van der Waals surface area (Å²) in [6.45, 7) is 0. The maximum atomic E-state index is 11.0. The van der Waals surface area contributed by atoms with Crippen LogP contribution in [0.4, 0.5) is 0 Å². The number of carbonyl (C=O) groups is 1. The van der Waals surface area contributed by atoms with Gasteiger partial charge in [-0.1, -0.05) is 30.3 Å². The van der Waals surface area contributed by atoms with Crippen molar-refractivity contribution in [3.63, 3.8) is 0 Å². The summed E-state index contributed by atoms with van der Waals surface area (Å²) in [5.74, 6) is -1.11. The Bertz CT molecular complexity index is 519. The lowest BCUT2D eigenvalue weighted by atomic mass is 10.1. The van der Waals surface area contributed by atoms with Gasteiger partial charge in [0.05, 0.1) is 12.7 Å². The van der Waals surface area contributed by atoms with E-state index in [-0.39, 0.29) is 11.6 Å². The third-order valence-corrected chi connectivity index (χ3v) is 2.36. The van der Waals surface area contributed by atoms with Crippen LogP contribution in [0.3, 0.4) is 0 Å². The Morgan fingerprint density at radius 3 is 2.71 bits per heavy atom. The van der Waals surface area contributed by atoms with E-state index < -0.39 is 5.97 Å². The summed E-state index contributed by atoms with van der Waals surface area (Å²) in [6.07, 6.45) is 0.412. The number of aromatic carboxylic acids is 1. The molecule has 2 rings (SSSR count). The van der Waals surface area contributed by atoms with Crippen molar-refractivity contribution in [2.75, 3.05) is 7.11 Å². The second-order valence-corrected chi connectivity index (χ2v) is 3.47. The number of benzene rings is 1. The summed E-state index contributed by atoms with van der Waals surface area (Å²) < 4.78 is 9.73. The fourth-order valence-corrected chi connectivity index (χ4v) is 1.58. The zero-order valence-corrected chi connectivity index (χ0v) is 9.21. The highest BCUT2D eigenvalue weighted by atomic mass is 16.5. The van der Waals surface area contributed by atoms with Crippen LogP contribution < -0.4 is 4.74 Å². The molecule has 0 unspecified atom stereocenters. The molecule has 0 amide bonds. The van der Waals surface area contributed by atoms with E-state index in [9.17, 15) is 4.79 Å². The quantitative estimate of drug-likeness (QED) is 0.874. The Hall–Kier alpha value is -2.30. The number of aromatic nitrogens is 1. The van der Waals surface area contributed by atoms with Crippen molar-refractivity contribution in [3.8, 4) is 5.88 Å². The molecule has 0 atom stereocenters. The van der Waals surface area contributed by atoms with Gasteiger partial charge in [0, 0.05) is 6.42 Å². The normalized spacial score (nSPS) is 10.2. The molecule has 0 fully saturated rings. The van der Waals surface area contributed by atoms with E-state index in [1.54, 1.807) is 0 Å². The Morgan fingerprint density at radius 1 is 1.41 bits per heavy atom. The zero-order chi connectivity index (χ0) is 12.3. The van der Waals surface area contributed by atoms with Gasteiger partial charge in [-0.2, -0.15) is 0 Å². The minimum Gasteiger partial charge on any atom is -0.479 e. The van der Waals surface area contributed by atoms with E-state index in [0.29, 0.717) is 12.0 Å². The third kappa shape index (κ3) is 2.28. The zero-order valence-electron chi connectivity index (χ0n) is 9.21. The van der Waals surface area contributed by atoms with E-state index >= 15 is 0 Å². The molecule has 17 heavy (non-hydrogen) atoms. The average Bonchev–Trinajstić information content (AvgIpc) is 2.73. The highest BCUT2D eigenvalue weighted by Crippen LogP contribution is 2.24. The van der Waals surface area contributed by atoms with Crippen LogP contribution in [0.15, 0.2) is 34.9 Å². The number of ether oxygens (including phenoxy) is 1. The fraction of sp³-hybridized carbons (Fsp3) is 0.167. The summed E-state index contributed by atoms with van der Waals surface area (Å²) in [5, 5.41) is 12.5. The van der Waals surface area contributed by atoms with Crippen molar-refractivity contribution in [2.24, 2.45) is 0 Å². The molecule has 1 aromatic carbocycles. The van der Waals surface area contributed by atoms with Crippen LogP contribution in [0.5, 0.6) is 5.88 Å². The SMILES string of the molecule is COc1noc(C(=O)O)c1Cc1ccccc1. The monoisotopic (exact) mass is 233 g/mol. The number of hydrogen-bond acceptors (Lipinski definition) is 4. The highest BCUT2D eigenvalue weighted by molar-refractivity contribution is 5.86. The lowest BCUT2D eigenvalue weighted by Crippen LogP contribution is -2.01. The summed E-state index contributed by atoms with van der Waals surface area (Å²) in [4.78, 5) is 11.0. The summed E-state index contributed by atoms with van der Waals surface area (Å²) >= 11 is 0. The Morgan fingerprint density at radius 2 is 2.12 bits per heavy atom. The van der Waals surface area contributed by atoms with Gasteiger partial charge < -0.3 is 14.4 Å². The first kappa shape index (κ1) is 11.2. The van der Waals surface area contributed by atoms with Gasteiger partial charge in [0.15, 0.2) is 0 Å². The van der Waals surface area contributed by atoms with Crippen LogP contribution in [0.25, 0.3) is 0 Å². The molecule has 0 spiro atoms. The predicted molar refractivity (Wildman–Crippen MR) is 59.3 cm³/mol. The topological polar surface area (TPSA) is 72.6 Å². The smallest absolute Gasteiger partial charge is 0.375 e. The molecule has 0 aliphatic carbocycles. The highest BCUT2D eigenvalue weighted by Gasteiger charge is 2.22. The van der Waals surface area contributed by atoms with Crippen molar-refractivity contribution in [1.82, 2.24) is 5.16 Å². The molecule has 0 radical (unpaired) electrons. The Balaban J connectivity index is 2.37. The van der Waals surface area contributed by atoms with Crippen LogP contribution in [-0.4, -0.2) is 23.3 Å². The van der Waals surface area contributed by atoms with E-state index in [1.807, 2.05) is 30.3 Å². The largest absolute Gasteiger partial charge is 0.479 e. The Labute approximate surface area is 97.6 Å². The van der Waals surface area contributed by atoms with Gasteiger partial charge in [-0.05, 0) is 10.7 Å². The molecule has 88 valence electrons. The van der Waals surface area contributed by atoms with E-state index in [4.69, 9.17) is 14.4 Å². The molecule has 2 aromatic rings.